The number of benzene rings is 1. The minimum atomic E-state index is -0.431. The predicted molar refractivity (Wildman–Crippen MR) is 66.5 cm³/mol. The van der Waals surface area contributed by atoms with Gasteiger partial charge in [0, 0.05) is 38.3 Å². The van der Waals surface area contributed by atoms with Crippen LogP contribution in [0.3, 0.4) is 0 Å². The molecule has 6 nitrogen and oxygen atoms in total. The van der Waals surface area contributed by atoms with Gasteiger partial charge in [0.15, 0.2) is 0 Å². The molecule has 0 aliphatic rings. The topological polar surface area (TPSA) is 75.5 Å². The molecular formula is C11H15N3O3. The standard InChI is InChI=1S/C11H15N3O3/c1-7-9(12-8(2)15)5-6-10(14(16)17)11(7)13(3)4/h5-6H,1-4H3,(H,12,15). The summed E-state index contributed by atoms with van der Waals surface area (Å²) in [5, 5.41) is 13.5. The highest BCUT2D eigenvalue weighted by molar-refractivity contribution is 5.91. The van der Waals surface area contributed by atoms with Gasteiger partial charge in [0.25, 0.3) is 5.69 Å². The molecule has 0 unspecified atom stereocenters. The number of carbonyl (C=O) groups excluding carboxylic acids is 1. The van der Waals surface area contributed by atoms with Crippen molar-refractivity contribution < 1.29 is 9.72 Å². The number of carbonyl (C=O) groups is 1. The molecule has 1 aromatic carbocycles. The van der Waals surface area contributed by atoms with Crippen molar-refractivity contribution in [3.8, 4) is 0 Å². The molecule has 0 aliphatic heterocycles. The predicted octanol–water partition coefficient (Wildman–Crippen LogP) is 1.93. The summed E-state index contributed by atoms with van der Waals surface area (Å²) in [6, 6.07) is 2.94. The maximum absolute atomic E-state index is 11.0. The highest BCUT2D eigenvalue weighted by atomic mass is 16.6. The van der Waals surface area contributed by atoms with Crippen molar-refractivity contribution >= 4 is 23.0 Å². The number of amides is 1. The normalized spacial score (nSPS) is 9.88. The van der Waals surface area contributed by atoms with Crippen LogP contribution in [-0.4, -0.2) is 24.9 Å². The van der Waals surface area contributed by atoms with E-state index in [0.29, 0.717) is 16.9 Å². The largest absolute Gasteiger partial charge is 0.372 e. The number of nitro benzene ring substituents is 1. The first-order chi connectivity index (χ1) is 7.84. The quantitative estimate of drug-likeness (QED) is 0.643. The molecule has 6 heteroatoms. The molecule has 0 fully saturated rings. The Hall–Kier alpha value is -2.11. The van der Waals surface area contributed by atoms with Gasteiger partial charge in [0.05, 0.1) is 4.92 Å². The van der Waals surface area contributed by atoms with Gasteiger partial charge in [0.1, 0.15) is 5.69 Å². The Morgan fingerprint density at radius 2 is 2.00 bits per heavy atom. The van der Waals surface area contributed by atoms with Gasteiger partial charge in [-0.3, -0.25) is 14.9 Å². The summed E-state index contributed by atoms with van der Waals surface area (Å²) in [6.45, 7) is 3.14. The van der Waals surface area contributed by atoms with Gasteiger partial charge in [-0.1, -0.05) is 0 Å². The summed E-state index contributed by atoms with van der Waals surface area (Å²) in [5.41, 5.74) is 1.80. The van der Waals surface area contributed by atoms with E-state index in [9.17, 15) is 14.9 Å². The summed E-state index contributed by atoms with van der Waals surface area (Å²) in [4.78, 5) is 23.1. The SMILES string of the molecule is CC(=O)Nc1ccc([N+](=O)[O-])c(N(C)C)c1C. The van der Waals surface area contributed by atoms with Crippen LogP contribution in [0.5, 0.6) is 0 Å². The second-order valence-corrected chi connectivity index (χ2v) is 3.94. The molecule has 0 bridgehead atoms. The molecular weight excluding hydrogens is 222 g/mol. The van der Waals surface area contributed by atoms with E-state index >= 15 is 0 Å². The molecule has 92 valence electrons. The van der Waals surface area contributed by atoms with Crippen molar-refractivity contribution in [3.63, 3.8) is 0 Å². The van der Waals surface area contributed by atoms with Crippen LogP contribution in [0.1, 0.15) is 12.5 Å². The van der Waals surface area contributed by atoms with E-state index in [1.165, 1.54) is 13.0 Å². The summed E-state index contributed by atoms with van der Waals surface area (Å²) < 4.78 is 0. The van der Waals surface area contributed by atoms with Gasteiger partial charge < -0.3 is 10.2 Å². The minimum Gasteiger partial charge on any atom is -0.372 e. The molecule has 0 radical (unpaired) electrons. The number of nitro groups is 1. The van der Waals surface area contributed by atoms with Crippen LogP contribution in [0.2, 0.25) is 0 Å². The summed E-state index contributed by atoms with van der Waals surface area (Å²) >= 11 is 0. The lowest BCUT2D eigenvalue weighted by Gasteiger charge is -2.18. The van der Waals surface area contributed by atoms with Gasteiger partial charge in [-0.15, -0.1) is 0 Å². The van der Waals surface area contributed by atoms with Crippen LogP contribution < -0.4 is 10.2 Å². The fourth-order valence-electron chi connectivity index (χ4n) is 1.72. The Bertz CT molecular complexity index is 469. The molecule has 1 rings (SSSR count). The zero-order valence-corrected chi connectivity index (χ0v) is 10.3. The van der Waals surface area contributed by atoms with Crippen molar-refractivity contribution in [3.05, 3.63) is 27.8 Å². The Morgan fingerprint density at radius 1 is 1.41 bits per heavy atom. The van der Waals surface area contributed by atoms with Crippen molar-refractivity contribution in [2.24, 2.45) is 0 Å². The first-order valence-corrected chi connectivity index (χ1v) is 5.07. The van der Waals surface area contributed by atoms with Crippen LogP contribution in [-0.2, 0) is 4.79 Å². The van der Waals surface area contributed by atoms with E-state index in [1.807, 2.05) is 0 Å². The number of anilines is 2. The maximum atomic E-state index is 11.0. The van der Waals surface area contributed by atoms with Gasteiger partial charge in [-0.2, -0.15) is 0 Å². The summed E-state index contributed by atoms with van der Waals surface area (Å²) in [6.07, 6.45) is 0. The lowest BCUT2D eigenvalue weighted by atomic mass is 10.1. The Labute approximate surface area is 99.4 Å². The van der Waals surface area contributed by atoms with Gasteiger partial charge >= 0.3 is 0 Å². The Morgan fingerprint density at radius 3 is 2.41 bits per heavy atom. The van der Waals surface area contributed by atoms with E-state index in [1.54, 1.807) is 32.0 Å². The maximum Gasteiger partial charge on any atom is 0.292 e. The molecule has 1 N–H and O–H groups in total. The zero-order valence-electron chi connectivity index (χ0n) is 10.3. The fraction of sp³-hybridized carbons (Fsp3) is 0.364. The molecule has 0 heterocycles. The van der Waals surface area contributed by atoms with Crippen LogP contribution in [0.4, 0.5) is 17.1 Å². The number of nitrogens with zero attached hydrogens (tertiary/aromatic N) is 2. The molecule has 0 aromatic heterocycles. The Kier molecular flexibility index (Phi) is 3.67. The zero-order chi connectivity index (χ0) is 13.2. The van der Waals surface area contributed by atoms with Crippen molar-refractivity contribution in [1.82, 2.24) is 0 Å². The van der Waals surface area contributed by atoms with Gasteiger partial charge in [0.2, 0.25) is 5.91 Å². The minimum absolute atomic E-state index is 0.0293. The second kappa shape index (κ2) is 4.82. The molecule has 1 amide bonds. The number of rotatable bonds is 3. The van der Waals surface area contributed by atoms with Crippen molar-refractivity contribution in [2.75, 3.05) is 24.3 Å². The molecule has 0 saturated carbocycles. The average molecular weight is 237 g/mol. The summed E-state index contributed by atoms with van der Waals surface area (Å²) in [5.74, 6) is -0.202. The third kappa shape index (κ3) is 2.72. The molecule has 0 aliphatic carbocycles. The lowest BCUT2D eigenvalue weighted by Crippen LogP contribution is -2.15. The first kappa shape index (κ1) is 13.0. The van der Waals surface area contributed by atoms with Crippen LogP contribution in [0, 0.1) is 17.0 Å². The molecule has 0 spiro atoms. The lowest BCUT2D eigenvalue weighted by molar-refractivity contribution is -0.384. The van der Waals surface area contributed by atoms with E-state index < -0.39 is 4.92 Å². The van der Waals surface area contributed by atoms with E-state index in [4.69, 9.17) is 0 Å². The monoisotopic (exact) mass is 237 g/mol. The van der Waals surface area contributed by atoms with Crippen molar-refractivity contribution in [1.29, 1.82) is 0 Å². The highest BCUT2D eigenvalue weighted by Gasteiger charge is 2.20. The molecule has 17 heavy (non-hydrogen) atoms. The van der Waals surface area contributed by atoms with Crippen LogP contribution >= 0.6 is 0 Å². The van der Waals surface area contributed by atoms with E-state index in [0.717, 1.165) is 0 Å². The Balaban J connectivity index is 3.38. The van der Waals surface area contributed by atoms with Gasteiger partial charge in [-0.25, -0.2) is 0 Å². The molecule has 1 aromatic rings. The number of hydrogen-bond acceptors (Lipinski definition) is 4. The fourth-order valence-corrected chi connectivity index (χ4v) is 1.72. The first-order valence-electron chi connectivity index (χ1n) is 5.07. The van der Waals surface area contributed by atoms with E-state index in [-0.39, 0.29) is 11.6 Å². The van der Waals surface area contributed by atoms with Crippen LogP contribution in [0.25, 0.3) is 0 Å². The average Bonchev–Trinajstić information content (AvgIpc) is 2.19. The summed E-state index contributed by atoms with van der Waals surface area (Å²) in [7, 11) is 3.46. The molecule has 0 saturated heterocycles. The second-order valence-electron chi connectivity index (χ2n) is 3.94. The van der Waals surface area contributed by atoms with Crippen LogP contribution in [0.15, 0.2) is 12.1 Å². The smallest absolute Gasteiger partial charge is 0.292 e. The number of nitrogens with one attached hydrogen (secondary N) is 1. The van der Waals surface area contributed by atoms with Gasteiger partial charge in [-0.05, 0) is 13.0 Å². The third-order valence-corrected chi connectivity index (χ3v) is 2.36. The highest BCUT2D eigenvalue weighted by Crippen LogP contribution is 2.34. The van der Waals surface area contributed by atoms with E-state index in [2.05, 4.69) is 5.32 Å². The third-order valence-electron chi connectivity index (χ3n) is 2.36. The molecule has 0 atom stereocenters. The van der Waals surface area contributed by atoms with Crippen molar-refractivity contribution in [2.45, 2.75) is 13.8 Å². The number of hydrogen-bond donors (Lipinski definition) is 1.